The van der Waals surface area contributed by atoms with Crippen LogP contribution in [0.2, 0.25) is 0 Å². The third-order valence-corrected chi connectivity index (χ3v) is 6.05. The molecule has 7 heteroatoms. The molecule has 0 spiro atoms. The van der Waals surface area contributed by atoms with E-state index in [0.29, 0.717) is 6.61 Å². The van der Waals surface area contributed by atoms with E-state index in [2.05, 4.69) is 68.4 Å². The Morgan fingerprint density at radius 3 is 2.74 bits per heavy atom. The number of aryl methyl sites for hydroxylation is 1. The molecule has 1 unspecified atom stereocenters. The Hall–Kier alpha value is -1.87. The Bertz CT molecular complexity index is 869. The SMILES string of the molecule is CN=C(NCc1ccnc(N2CCCCC2)c1)N1CCOC(c2ccccc2C)C1.I. The molecule has 1 aromatic carbocycles. The van der Waals surface area contributed by atoms with E-state index in [1.807, 2.05) is 13.2 Å². The molecule has 0 saturated carbocycles. The molecule has 6 nitrogen and oxygen atoms in total. The summed E-state index contributed by atoms with van der Waals surface area (Å²) in [6, 6.07) is 12.8. The van der Waals surface area contributed by atoms with Gasteiger partial charge >= 0.3 is 0 Å². The van der Waals surface area contributed by atoms with E-state index in [0.717, 1.165) is 44.5 Å². The van der Waals surface area contributed by atoms with Gasteiger partial charge < -0.3 is 19.9 Å². The minimum Gasteiger partial charge on any atom is -0.370 e. The van der Waals surface area contributed by atoms with Gasteiger partial charge in [-0.2, -0.15) is 0 Å². The summed E-state index contributed by atoms with van der Waals surface area (Å²) in [6.07, 6.45) is 5.85. The maximum absolute atomic E-state index is 6.08. The Kier molecular flexibility index (Phi) is 8.95. The van der Waals surface area contributed by atoms with Crippen LogP contribution in [0.25, 0.3) is 0 Å². The van der Waals surface area contributed by atoms with Crippen molar-refractivity contribution >= 4 is 35.8 Å². The van der Waals surface area contributed by atoms with Crippen molar-refractivity contribution in [3.05, 3.63) is 59.3 Å². The molecule has 168 valence electrons. The molecule has 2 saturated heterocycles. The van der Waals surface area contributed by atoms with Crippen molar-refractivity contribution in [3.63, 3.8) is 0 Å². The molecular weight excluding hydrogens is 501 g/mol. The van der Waals surface area contributed by atoms with E-state index in [4.69, 9.17) is 4.74 Å². The maximum Gasteiger partial charge on any atom is 0.194 e. The molecule has 2 fully saturated rings. The maximum atomic E-state index is 6.08. The number of aliphatic imine (C=N–C) groups is 1. The van der Waals surface area contributed by atoms with Crippen LogP contribution < -0.4 is 10.2 Å². The van der Waals surface area contributed by atoms with E-state index in [-0.39, 0.29) is 30.1 Å². The molecule has 0 radical (unpaired) electrons. The van der Waals surface area contributed by atoms with Gasteiger partial charge in [-0.1, -0.05) is 24.3 Å². The van der Waals surface area contributed by atoms with Crippen molar-refractivity contribution in [1.82, 2.24) is 15.2 Å². The molecule has 2 aliphatic rings. The van der Waals surface area contributed by atoms with Crippen molar-refractivity contribution in [1.29, 1.82) is 0 Å². The number of hydrogen-bond donors (Lipinski definition) is 1. The van der Waals surface area contributed by atoms with Crippen LogP contribution in [0.1, 0.15) is 42.1 Å². The van der Waals surface area contributed by atoms with Gasteiger partial charge in [0.1, 0.15) is 11.9 Å². The lowest BCUT2D eigenvalue weighted by molar-refractivity contribution is -0.00833. The number of pyridine rings is 1. The normalized spacial score (nSPS) is 19.7. The molecule has 0 bridgehead atoms. The van der Waals surface area contributed by atoms with Gasteiger partial charge in [0.15, 0.2) is 5.96 Å². The molecule has 0 amide bonds. The van der Waals surface area contributed by atoms with Crippen molar-refractivity contribution in [2.45, 2.75) is 38.8 Å². The first-order chi connectivity index (χ1) is 14.7. The molecule has 0 aliphatic carbocycles. The van der Waals surface area contributed by atoms with Gasteiger partial charge in [0.2, 0.25) is 0 Å². The number of morpholine rings is 1. The monoisotopic (exact) mass is 535 g/mol. The first-order valence-electron chi connectivity index (χ1n) is 11.1. The first kappa shape index (κ1) is 23.8. The summed E-state index contributed by atoms with van der Waals surface area (Å²) in [5, 5.41) is 3.55. The number of nitrogens with zero attached hydrogens (tertiary/aromatic N) is 4. The van der Waals surface area contributed by atoms with Crippen LogP contribution in [0, 0.1) is 6.92 Å². The van der Waals surface area contributed by atoms with Gasteiger partial charge in [0.25, 0.3) is 0 Å². The zero-order chi connectivity index (χ0) is 20.8. The van der Waals surface area contributed by atoms with Gasteiger partial charge in [0.05, 0.1) is 13.2 Å². The number of ether oxygens (including phenoxy) is 1. The van der Waals surface area contributed by atoms with Crippen molar-refractivity contribution in [3.8, 4) is 0 Å². The Morgan fingerprint density at radius 1 is 1.16 bits per heavy atom. The minimum atomic E-state index is 0. The van der Waals surface area contributed by atoms with Crippen LogP contribution in [0.4, 0.5) is 5.82 Å². The smallest absolute Gasteiger partial charge is 0.194 e. The van der Waals surface area contributed by atoms with Crippen LogP contribution in [-0.4, -0.2) is 55.7 Å². The summed E-state index contributed by atoms with van der Waals surface area (Å²) in [5.74, 6) is 2.02. The molecule has 3 heterocycles. The first-order valence-corrected chi connectivity index (χ1v) is 11.1. The molecule has 31 heavy (non-hydrogen) atoms. The lowest BCUT2D eigenvalue weighted by Crippen LogP contribution is -2.48. The van der Waals surface area contributed by atoms with Crippen molar-refractivity contribution in [2.24, 2.45) is 4.99 Å². The molecule has 2 aliphatic heterocycles. The molecule has 4 rings (SSSR count). The lowest BCUT2D eigenvalue weighted by atomic mass is 10.0. The summed E-state index contributed by atoms with van der Waals surface area (Å²) in [4.78, 5) is 13.8. The highest BCUT2D eigenvalue weighted by Gasteiger charge is 2.25. The highest BCUT2D eigenvalue weighted by atomic mass is 127. The number of guanidine groups is 1. The number of hydrogen-bond acceptors (Lipinski definition) is 4. The van der Waals surface area contributed by atoms with E-state index in [9.17, 15) is 0 Å². The molecule has 1 atom stereocenters. The van der Waals surface area contributed by atoms with Crippen molar-refractivity contribution in [2.75, 3.05) is 44.7 Å². The Labute approximate surface area is 203 Å². The summed E-state index contributed by atoms with van der Waals surface area (Å²) in [5.41, 5.74) is 3.77. The fourth-order valence-electron chi connectivity index (χ4n) is 4.36. The van der Waals surface area contributed by atoms with Crippen LogP contribution in [0.15, 0.2) is 47.6 Å². The number of anilines is 1. The second kappa shape index (κ2) is 11.7. The lowest BCUT2D eigenvalue weighted by Gasteiger charge is -2.35. The zero-order valence-corrected chi connectivity index (χ0v) is 20.9. The fraction of sp³-hybridized carbons (Fsp3) is 0.500. The third-order valence-electron chi connectivity index (χ3n) is 6.05. The quantitative estimate of drug-likeness (QED) is 0.363. The van der Waals surface area contributed by atoms with Gasteiger partial charge in [0, 0.05) is 39.4 Å². The highest BCUT2D eigenvalue weighted by Crippen LogP contribution is 2.25. The number of nitrogens with one attached hydrogen (secondary N) is 1. The van der Waals surface area contributed by atoms with Gasteiger partial charge in [-0.15, -0.1) is 24.0 Å². The predicted octanol–water partition coefficient (Wildman–Crippen LogP) is 4.15. The van der Waals surface area contributed by atoms with Crippen LogP contribution in [-0.2, 0) is 11.3 Å². The minimum absolute atomic E-state index is 0. The van der Waals surface area contributed by atoms with Gasteiger partial charge in [-0.05, 0) is 55.0 Å². The summed E-state index contributed by atoms with van der Waals surface area (Å²) in [7, 11) is 1.85. The second-order valence-electron chi connectivity index (χ2n) is 8.13. The number of piperidine rings is 1. The topological polar surface area (TPSA) is 53.0 Å². The molecular formula is C24H34IN5O. The largest absolute Gasteiger partial charge is 0.370 e. The Morgan fingerprint density at radius 2 is 1.97 bits per heavy atom. The second-order valence-corrected chi connectivity index (χ2v) is 8.13. The van der Waals surface area contributed by atoms with Gasteiger partial charge in [-0.25, -0.2) is 4.98 Å². The van der Waals surface area contributed by atoms with Crippen LogP contribution in [0.3, 0.4) is 0 Å². The summed E-state index contributed by atoms with van der Waals surface area (Å²) in [6.45, 7) is 7.46. The van der Waals surface area contributed by atoms with E-state index in [1.54, 1.807) is 0 Å². The molecule has 1 N–H and O–H groups in total. The van der Waals surface area contributed by atoms with Crippen LogP contribution >= 0.6 is 24.0 Å². The number of halogens is 1. The average molecular weight is 535 g/mol. The van der Waals surface area contributed by atoms with E-state index in [1.165, 1.54) is 36.0 Å². The highest BCUT2D eigenvalue weighted by molar-refractivity contribution is 14.0. The molecule has 2 aromatic rings. The fourth-order valence-corrected chi connectivity index (χ4v) is 4.36. The standard InChI is InChI=1S/C24H33N5O.HI/c1-19-8-4-5-9-21(19)22-18-29(14-15-30-22)24(25-2)27-17-20-10-11-26-23(16-20)28-12-6-3-7-13-28;/h4-5,8-11,16,22H,3,6-7,12-15,17-18H2,1-2H3,(H,25,27);1H. The zero-order valence-electron chi connectivity index (χ0n) is 18.6. The van der Waals surface area contributed by atoms with Crippen molar-refractivity contribution < 1.29 is 4.74 Å². The predicted molar refractivity (Wildman–Crippen MR) is 137 cm³/mol. The van der Waals surface area contributed by atoms with E-state index < -0.39 is 0 Å². The Balaban J connectivity index is 0.00000272. The van der Waals surface area contributed by atoms with E-state index >= 15 is 0 Å². The number of benzene rings is 1. The summed E-state index contributed by atoms with van der Waals surface area (Å²) < 4.78 is 6.08. The average Bonchev–Trinajstić information content (AvgIpc) is 2.81. The third kappa shape index (κ3) is 6.10. The summed E-state index contributed by atoms with van der Waals surface area (Å²) >= 11 is 0. The van der Waals surface area contributed by atoms with Crippen LogP contribution in [0.5, 0.6) is 0 Å². The number of aromatic nitrogens is 1. The molecule has 1 aromatic heterocycles. The van der Waals surface area contributed by atoms with Gasteiger partial charge in [-0.3, -0.25) is 4.99 Å². The number of rotatable bonds is 4.